The quantitative estimate of drug-likeness (QED) is 0.901. The van der Waals surface area contributed by atoms with Crippen LogP contribution >= 0.6 is 27.3 Å². The summed E-state index contributed by atoms with van der Waals surface area (Å²) in [6, 6.07) is 1.85. The van der Waals surface area contributed by atoms with Crippen molar-refractivity contribution in [2.24, 2.45) is 5.73 Å². The average Bonchev–Trinajstić information content (AvgIpc) is 2.88. The number of amides is 1. The van der Waals surface area contributed by atoms with E-state index >= 15 is 0 Å². The molecule has 0 aromatic carbocycles. The summed E-state index contributed by atoms with van der Waals surface area (Å²) in [4.78, 5) is 12.7. The van der Waals surface area contributed by atoms with Crippen molar-refractivity contribution in [1.29, 1.82) is 0 Å². The van der Waals surface area contributed by atoms with Gasteiger partial charge >= 0.3 is 0 Å². The lowest BCUT2D eigenvalue weighted by atomic mass is 9.98. The van der Waals surface area contributed by atoms with Crippen LogP contribution < -0.4 is 11.1 Å². The van der Waals surface area contributed by atoms with Gasteiger partial charge in [-0.1, -0.05) is 12.8 Å². The Morgan fingerprint density at radius 1 is 1.56 bits per heavy atom. The normalized spacial score (nSPS) is 18.6. The Morgan fingerprint density at radius 2 is 2.25 bits per heavy atom. The van der Waals surface area contributed by atoms with Crippen LogP contribution in [0.25, 0.3) is 0 Å². The summed E-state index contributed by atoms with van der Waals surface area (Å²) in [7, 11) is 0. The van der Waals surface area contributed by atoms with Crippen LogP contribution in [-0.2, 0) is 0 Å². The fourth-order valence-corrected chi connectivity index (χ4v) is 3.49. The van der Waals surface area contributed by atoms with E-state index < -0.39 is 0 Å². The van der Waals surface area contributed by atoms with Crippen LogP contribution in [0, 0.1) is 0 Å². The minimum absolute atomic E-state index is 0.00282. The first-order valence-corrected chi connectivity index (χ1v) is 7.09. The van der Waals surface area contributed by atoms with Crippen molar-refractivity contribution in [2.45, 2.75) is 31.2 Å². The standard InChI is InChI=1S/C11H15BrN2OS/c12-8-5-9(16-6-8)10(15)14-11(7-13)3-1-2-4-11/h5-6H,1-4,7,13H2,(H,14,15). The maximum absolute atomic E-state index is 12.0. The Balaban J connectivity index is 2.06. The molecule has 0 radical (unpaired) electrons. The molecule has 16 heavy (non-hydrogen) atoms. The van der Waals surface area contributed by atoms with Gasteiger partial charge in [0.25, 0.3) is 5.91 Å². The van der Waals surface area contributed by atoms with Gasteiger partial charge in [-0.05, 0) is 34.8 Å². The molecule has 1 saturated carbocycles. The van der Waals surface area contributed by atoms with Gasteiger partial charge in [0.1, 0.15) is 0 Å². The molecule has 3 N–H and O–H groups in total. The van der Waals surface area contributed by atoms with E-state index in [0.717, 1.165) is 35.0 Å². The number of hydrogen-bond donors (Lipinski definition) is 2. The second kappa shape index (κ2) is 4.85. The molecule has 5 heteroatoms. The van der Waals surface area contributed by atoms with E-state index in [0.29, 0.717) is 6.54 Å². The van der Waals surface area contributed by atoms with Crippen LogP contribution in [0.4, 0.5) is 0 Å². The first-order valence-electron chi connectivity index (χ1n) is 5.42. The van der Waals surface area contributed by atoms with E-state index in [2.05, 4.69) is 21.2 Å². The predicted molar refractivity (Wildman–Crippen MR) is 69.7 cm³/mol. The van der Waals surface area contributed by atoms with Crippen molar-refractivity contribution in [3.05, 3.63) is 20.8 Å². The Labute approximate surface area is 108 Å². The van der Waals surface area contributed by atoms with Crippen LogP contribution in [0.1, 0.15) is 35.4 Å². The predicted octanol–water partition coefficient (Wildman–Crippen LogP) is 2.51. The van der Waals surface area contributed by atoms with E-state index in [9.17, 15) is 4.79 Å². The van der Waals surface area contributed by atoms with Gasteiger partial charge in [0.15, 0.2) is 0 Å². The number of nitrogens with two attached hydrogens (primary N) is 1. The monoisotopic (exact) mass is 302 g/mol. The Morgan fingerprint density at radius 3 is 2.75 bits per heavy atom. The highest BCUT2D eigenvalue weighted by Crippen LogP contribution is 2.29. The molecule has 0 bridgehead atoms. The lowest BCUT2D eigenvalue weighted by Crippen LogP contribution is -2.51. The molecule has 1 aliphatic carbocycles. The zero-order valence-corrected chi connectivity index (χ0v) is 11.4. The fourth-order valence-electron chi connectivity index (χ4n) is 2.17. The zero-order chi connectivity index (χ0) is 11.6. The molecule has 0 aliphatic heterocycles. The minimum Gasteiger partial charge on any atom is -0.345 e. The van der Waals surface area contributed by atoms with Crippen molar-refractivity contribution >= 4 is 33.2 Å². The lowest BCUT2D eigenvalue weighted by Gasteiger charge is -2.28. The molecule has 1 fully saturated rings. The molecule has 2 rings (SSSR count). The second-order valence-corrected chi connectivity index (χ2v) is 6.10. The molecule has 1 amide bonds. The van der Waals surface area contributed by atoms with Gasteiger partial charge in [0, 0.05) is 16.4 Å². The summed E-state index contributed by atoms with van der Waals surface area (Å²) in [6.45, 7) is 0.533. The van der Waals surface area contributed by atoms with Gasteiger partial charge in [-0.2, -0.15) is 0 Å². The molecule has 1 aliphatic rings. The van der Waals surface area contributed by atoms with E-state index in [1.54, 1.807) is 0 Å². The largest absolute Gasteiger partial charge is 0.345 e. The van der Waals surface area contributed by atoms with Gasteiger partial charge < -0.3 is 11.1 Å². The number of carbonyl (C=O) groups is 1. The van der Waals surface area contributed by atoms with Gasteiger partial charge in [-0.25, -0.2) is 0 Å². The van der Waals surface area contributed by atoms with Crippen molar-refractivity contribution in [3.63, 3.8) is 0 Å². The molecule has 0 spiro atoms. The van der Waals surface area contributed by atoms with Crippen molar-refractivity contribution in [1.82, 2.24) is 5.32 Å². The van der Waals surface area contributed by atoms with Crippen LogP contribution in [0.3, 0.4) is 0 Å². The molecule has 0 unspecified atom stereocenters. The minimum atomic E-state index is -0.159. The zero-order valence-electron chi connectivity index (χ0n) is 8.96. The summed E-state index contributed by atoms with van der Waals surface area (Å²) < 4.78 is 0.955. The Kier molecular flexibility index (Phi) is 3.66. The van der Waals surface area contributed by atoms with Gasteiger partial charge in [0.2, 0.25) is 0 Å². The van der Waals surface area contributed by atoms with E-state index in [1.807, 2.05) is 11.4 Å². The summed E-state index contributed by atoms with van der Waals surface area (Å²) in [5, 5.41) is 5.01. The summed E-state index contributed by atoms with van der Waals surface area (Å²) in [5.74, 6) is 0.00282. The van der Waals surface area contributed by atoms with Gasteiger partial charge in [-0.15, -0.1) is 11.3 Å². The Hall–Kier alpha value is -0.390. The van der Waals surface area contributed by atoms with E-state index in [-0.39, 0.29) is 11.4 Å². The van der Waals surface area contributed by atoms with E-state index in [1.165, 1.54) is 11.3 Å². The summed E-state index contributed by atoms with van der Waals surface area (Å²) in [5.41, 5.74) is 5.62. The SMILES string of the molecule is NCC1(NC(=O)c2cc(Br)cs2)CCCC1. The number of carbonyl (C=O) groups excluding carboxylic acids is 1. The third-order valence-electron chi connectivity index (χ3n) is 3.12. The number of rotatable bonds is 3. The van der Waals surface area contributed by atoms with Crippen molar-refractivity contribution in [2.75, 3.05) is 6.54 Å². The average molecular weight is 303 g/mol. The van der Waals surface area contributed by atoms with E-state index in [4.69, 9.17) is 5.73 Å². The van der Waals surface area contributed by atoms with Gasteiger partial charge in [0.05, 0.1) is 10.4 Å². The van der Waals surface area contributed by atoms with Crippen LogP contribution in [0.5, 0.6) is 0 Å². The third kappa shape index (κ3) is 2.47. The number of hydrogen-bond acceptors (Lipinski definition) is 3. The topological polar surface area (TPSA) is 55.1 Å². The maximum Gasteiger partial charge on any atom is 0.261 e. The second-order valence-electron chi connectivity index (χ2n) is 4.27. The van der Waals surface area contributed by atoms with Crippen molar-refractivity contribution in [3.8, 4) is 0 Å². The highest BCUT2D eigenvalue weighted by molar-refractivity contribution is 9.10. The molecule has 1 heterocycles. The first kappa shape index (κ1) is 12.1. The maximum atomic E-state index is 12.0. The smallest absolute Gasteiger partial charge is 0.261 e. The third-order valence-corrected chi connectivity index (χ3v) is 4.81. The number of thiophene rings is 1. The van der Waals surface area contributed by atoms with Crippen LogP contribution in [-0.4, -0.2) is 18.0 Å². The highest BCUT2D eigenvalue weighted by atomic mass is 79.9. The summed E-state index contributed by atoms with van der Waals surface area (Å²) >= 11 is 4.80. The van der Waals surface area contributed by atoms with Crippen LogP contribution in [0.15, 0.2) is 15.9 Å². The molecular weight excluding hydrogens is 288 g/mol. The fraction of sp³-hybridized carbons (Fsp3) is 0.545. The number of halogens is 1. The van der Waals surface area contributed by atoms with Crippen molar-refractivity contribution < 1.29 is 4.79 Å². The lowest BCUT2D eigenvalue weighted by molar-refractivity contribution is 0.0907. The Bertz CT molecular complexity index is 385. The molecule has 88 valence electrons. The molecule has 0 atom stereocenters. The molecular formula is C11H15BrN2OS. The highest BCUT2D eigenvalue weighted by Gasteiger charge is 2.34. The molecule has 0 saturated heterocycles. The number of nitrogens with one attached hydrogen (secondary N) is 1. The first-order chi connectivity index (χ1) is 7.65. The molecule has 1 aromatic heterocycles. The molecule has 1 aromatic rings. The van der Waals surface area contributed by atoms with Gasteiger partial charge in [-0.3, -0.25) is 4.79 Å². The van der Waals surface area contributed by atoms with Crippen LogP contribution in [0.2, 0.25) is 0 Å². The molecule has 3 nitrogen and oxygen atoms in total. The summed E-state index contributed by atoms with van der Waals surface area (Å²) in [6.07, 6.45) is 4.32.